The first-order chi connectivity index (χ1) is 10.6. The van der Waals surface area contributed by atoms with Crippen molar-refractivity contribution in [3.63, 3.8) is 0 Å². The third-order valence-electron chi connectivity index (χ3n) is 3.39. The molecule has 6 heteroatoms. The van der Waals surface area contributed by atoms with Crippen molar-refractivity contribution in [2.45, 2.75) is 12.5 Å². The van der Waals surface area contributed by atoms with Gasteiger partial charge in [-0.1, -0.05) is 6.07 Å². The van der Waals surface area contributed by atoms with Crippen LogP contribution in [0.2, 0.25) is 0 Å². The Hall–Kier alpha value is -1.89. The molecule has 3 aromatic rings. The van der Waals surface area contributed by atoms with Gasteiger partial charge in [-0.05, 0) is 41.4 Å². The summed E-state index contributed by atoms with van der Waals surface area (Å²) < 4.78 is 5.09. The molecule has 0 aliphatic carbocycles. The summed E-state index contributed by atoms with van der Waals surface area (Å²) in [6.07, 6.45) is 3.01. The Bertz CT molecular complexity index is 710. The molecule has 4 nitrogen and oxygen atoms in total. The molecule has 114 valence electrons. The molecular formula is C16H15NO3S2. The number of carbonyl (C=O) groups excluding carboxylic acids is 1. The molecule has 0 fully saturated rings. The minimum absolute atomic E-state index is 0.0861. The standard InChI is InChI=1S/C16H15NO3S2/c1-11-7-13(22-9-11)15(18)17-10-16(19,12-4-5-20-8-12)14-3-2-6-21-14/h2-9,19H,10H2,1H3,(H,17,18)/t16-/m0/s1. The predicted octanol–water partition coefficient (Wildman–Crippen LogP) is 3.38. The number of thiophene rings is 2. The van der Waals surface area contributed by atoms with Crippen molar-refractivity contribution in [3.05, 3.63) is 68.4 Å². The van der Waals surface area contributed by atoms with E-state index in [0.29, 0.717) is 10.4 Å². The fourth-order valence-corrected chi connectivity index (χ4v) is 3.85. The highest BCUT2D eigenvalue weighted by Crippen LogP contribution is 2.32. The number of hydrogen-bond donors (Lipinski definition) is 2. The molecule has 3 rings (SSSR count). The van der Waals surface area contributed by atoms with Crippen molar-refractivity contribution in [1.29, 1.82) is 0 Å². The Morgan fingerprint density at radius 3 is 2.86 bits per heavy atom. The lowest BCUT2D eigenvalue weighted by atomic mass is 9.94. The van der Waals surface area contributed by atoms with Crippen LogP contribution in [-0.2, 0) is 5.60 Å². The highest BCUT2D eigenvalue weighted by atomic mass is 32.1. The van der Waals surface area contributed by atoms with Gasteiger partial charge in [-0.25, -0.2) is 0 Å². The lowest BCUT2D eigenvalue weighted by molar-refractivity contribution is 0.0716. The number of rotatable bonds is 5. The highest BCUT2D eigenvalue weighted by molar-refractivity contribution is 7.12. The smallest absolute Gasteiger partial charge is 0.261 e. The lowest BCUT2D eigenvalue weighted by Gasteiger charge is -2.26. The molecular weight excluding hydrogens is 318 g/mol. The number of furan rings is 1. The number of carbonyl (C=O) groups is 1. The van der Waals surface area contributed by atoms with Crippen LogP contribution in [0.5, 0.6) is 0 Å². The van der Waals surface area contributed by atoms with Crippen LogP contribution in [0.4, 0.5) is 0 Å². The van der Waals surface area contributed by atoms with E-state index < -0.39 is 5.60 Å². The second kappa shape index (κ2) is 6.08. The van der Waals surface area contributed by atoms with Crippen LogP contribution in [0.3, 0.4) is 0 Å². The lowest BCUT2D eigenvalue weighted by Crippen LogP contribution is -2.40. The molecule has 0 radical (unpaired) electrons. The van der Waals surface area contributed by atoms with E-state index >= 15 is 0 Å². The monoisotopic (exact) mass is 333 g/mol. The van der Waals surface area contributed by atoms with Crippen molar-refractivity contribution < 1.29 is 14.3 Å². The first-order valence-electron chi connectivity index (χ1n) is 6.72. The van der Waals surface area contributed by atoms with Crippen LogP contribution >= 0.6 is 22.7 Å². The third kappa shape index (κ3) is 2.85. The molecule has 0 aliphatic heterocycles. The molecule has 2 N–H and O–H groups in total. The number of aryl methyl sites for hydroxylation is 1. The van der Waals surface area contributed by atoms with Gasteiger partial charge < -0.3 is 14.8 Å². The molecule has 0 bridgehead atoms. The van der Waals surface area contributed by atoms with E-state index in [0.717, 1.165) is 10.4 Å². The zero-order valence-electron chi connectivity index (χ0n) is 11.9. The number of aliphatic hydroxyl groups is 1. The van der Waals surface area contributed by atoms with Gasteiger partial charge in [-0.2, -0.15) is 0 Å². The molecule has 0 saturated heterocycles. The average Bonchev–Trinajstić information content (AvgIpc) is 3.24. The second-order valence-electron chi connectivity index (χ2n) is 5.02. The summed E-state index contributed by atoms with van der Waals surface area (Å²) in [5.41, 5.74) is 0.388. The predicted molar refractivity (Wildman–Crippen MR) is 87.4 cm³/mol. The van der Waals surface area contributed by atoms with Gasteiger partial charge in [0.15, 0.2) is 0 Å². The zero-order chi connectivity index (χ0) is 15.6. The Morgan fingerprint density at radius 2 is 2.27 bits per heavy atom. The molecule has 0 aromatic carbocycles. The number of hydrogen-bond acceptors (Lipinski definition) is 5. The summed E-state index contributed by atoms with van der Waals surface area (Å²) in [4.78, 5) is 13.6. The van der Waals surface area contributed by atoms with E-state index in [2.05, 4.69) is 5.32 Å². The van der Waals surface area contributed by atoms with Gasteiger partial charge in [0.05, 0.1) is 23.9 Å². The first-order valence-corrected chi connectivity index (χ1v) is 8.48. The van der Waals surface area contributed by atoms with Crippen molar-refractivity contribution in [1.82, 2.24) is 5.32 Å². The Labute approximate surface area is 136 Å². The minimum Gasteiger partial charge on any atom is -0.472 e. The summed E-state index contributed by atoms with van der Waals surface area (Å²) in [5.74, 6) is -0.184. The fraction of sp³-hybridized carbons (Fsp3) is 0.188. The van der Waals surface area contributed by atoms with Crippen LogP contribution < -0.4 is 5.32 Å². The number of nitrogens with one attached hydrogen (secondary N) is 1. The molecule has 0 saturated carbocycles. The van der Waals surface area contributed by atoms with E-state index in [9.17, 15) is 9.90 Å². The van der Waals surface area contributed by atoms with Crippen molar-refractivity contribution in [2.75, 3.05) is 6.54 Å². The maximum Gasteiger partial charge on any atom is 0.261 e. The molecule has 1 atom stereocenters. The summed E-state index contributed by atoms with van der Waals surface area (Å²) in [7, 11) is 0. The largest absolute Gasteiger partial charge is 0.472 e. The molecule has 1 amide bonds. The molecule has 0 unspecified atom stereocenters. The summed E-state index contributed by atoms with van der Waals surface area (Å²) in [5, 5.41) is 17.7. The van der Waals surface area contributed by atoms with Crippen LogP contribution in [0.1, 0.15) is 25.7 Å². The van der Waals surface area contributed by atoms with Crippen molar-refractivity contribution in [3.8, 4) is 0 Å². The quantitative estimate of drug-likeness (QED) is 0.752. The van der Waals surface area contributed by atoms with Crippen LogP contribution in [0.15, 0.2) is 52.0 Å². The Balaban J connectivity index is 1.81. The average molecular weight is 333 g/mol. The summed E-state index contributed by atoms with van der Waals surface area (Å²) in [6, 6.07) is 7.26. The van der Waals surface area contributed by atoms with Gasteiger partial charge in [0.2, 0.25) is 0 Å². The van der Waals surface area contributed by atoms with E-state index in [1.807, 2.05) is 35.9 Å². The summed E-state index contributed by atoms with van der Waals surface area (Å²) >= 11 is 2.83. The molecule has 22 heavy (non-hydrogen) atoms. The normalized spacial score (nSPS) is 13.7. The second-order valence-corrected chi connectivity index (χ2v) is 6.88. The van der Waals surface area contributed by atoms with Gasteiger partial charge in [0.1, 0.15) is 5.60 Å². The van der Waals surface area contributed by atoms with Crippen molar-refractivity contribution >= 4 is 28.6 Å². The Kier molecular flexibility index (Phi) is 4.15. The van der Waals surface area contributed by atoms with E-state index in [4.69, 9.17) is 4.42 Å². The molecule has 3 heterocycles. The number of amides is 1. The fourth-order valence-electron chi connectivity index (χ4n) is 2.19. The minimum atomic E-state index is -1.29. The van der Waals surface area contributed by atoms with Gasteiger partial charge in [0, 0.05) is 10.4 Å². The zero-order valence-corrected chi connectivity index (χ0v) is 13.5. The first kappa shape index (κ1) is 15.0. The van der Waals surface area contributed by atoms with E-state index in [-0.39, 0.29) is 12.5 Å². The Morgan fingerprint density at radius 1 is 1.41 bits per heavy atom. The maximum absolute atomic E-state index is 12.2. The molecule has 3 aromatic heterocycles. The van der Waals surface area contributed by atoms with Crippen LogP contribution in [0, 0.1) is 6.92 Å². The van der Waals surface area contributed by atoms with Gasteiger partial charge in [-0.15, -0.1) is 22.7 Å². The van der Waals surface area contributed by atoms with Crippen LogP contribution in [0.25, 0.3) is 0 Å². The maximum atomic E-state index is 12.2. The molecule has 0 spiro atoms. The van der Waals surface area contributed by atoms with Gasteiger partial charge >= 0.3 is 0 Å². The summed E-state index contributed by atoms with van der Waals surface area (Å²) in [6.45, 7) is 2.03. The van der Waals surface area contributed by atoms with Crippen LogP contribution in [-0.4, -0.2) is 17.6 Å². The van der Waals surface area contributed by atoms with E-state index in [1.165, 1.54) is 35.2 Å². The molecule has 0 aliphatic rings. The van der Waals surface area contributed by atoms with E-state index in [1.54, 1.807) is 6.07 Å². The SMILES string of the molecule is Cc1csc(C(=O)NC[C@](O)(c2ccoc2)c2cccs2)c1. The van der Waals surface area contributed by atoms with Gasteiger partial charge in [0.25, 0.3) is 5.91 Å². The third-order valence-corrected chi connectivity index (χ3v) is 5.45. The van der Waals surface area contributed by atoms with Gasteiger partial charge in [-0.3, -0.25) is 4.79 Å². The van der Waals surface area contributed by atoms with Crippen molar-refractivity contribution in [2.24, 2.45) is 0 Å². The topological polar surface area (TPSA) is 62.5 Å². The highest BCUT2D eigenvalue weighted by Gasteiger charge is 2.34.